The Labute approximate surface area is 118 Å². The third kappa shape index (κ3) is 3.12. The summed E-state index contributed by atoms with van der Waals surface area (Å²) in [5.41, 5.74) is 2.78. The van der Waals surface area contributed by atoms with Gasteiger partial charge in [0.2, 0.25) is 0 Å². The number of pyridine rings is 1. The van der Waals surface area contributed by atoms with Gasteiger partial charge in [-0.2, -0.15) is 0 Å². The average molecular weight is 273 g/mol. The molecule has 20 heavy (non-hydrogen) atoms. The smallest absolute Gasteiger partial charge is 0.124 e. The molecule has 2 rings (SSSR count). The van der Waals surface area contributed by atoms with E-state index in [0.717, 1.165) is 16.9 Å². The number of nitrogens with one attached hydrogen (secondary N) is 1. The van der Waals surface area contributed by atoms with Crippen LogP contribution in [0.3, 0.4) is 0 Å². The molecule has 0 aliphatic carbocycles. The molecule has 2 N–H and O–H groups in total. The second-order valence-electron chi connectivity index (χ2n) is 4.64. The lowest BCUT2D eigenvalue weighted by Gasteiger charge is -2.18. The van der Waals surface area contributed by atoms with Gasteiger partial charge in [-0.25, -0.2) is 0 Å². The zero-order valence-corrected chi connectivity index (χ0v) is 11.9. The van der Waals surface area contributed by atoms with E-state index in [1.165, 1.54) is 0 Å². The molecule has 0 aliphatic heterocycles. The highest BCUT2D eigenvalue weighted by Crippen LogP contribution is 2.26. The molecule has 5 nitrogen and oxygen atoms in total. The number of aromatic nitrogens is 1. The van der Waals surface area contributed by atoms with Crippen molar-refractivity contribution in [3.05, 3.63) is 42.2 Å². The zero-order valence-electron chi connectivity index (χ0n) is 11.9. The molecule has 0 radical (unpaired) electrons. The first kappa shape index (κ1) is 14.0. The van der Waals surface area contributed by atoms with Crippen molar-refractivity contribution in [2.75, 3.05) is 31.4 Å². The van der Waals surface area contributed by atoms with E-state index in [1.54, 1.807) is 25.6 Å². The van der Waals surface area contributed by atoms with E-state index < -0.39 is 0 Å². The highest BCUT2D eigenvalue weighted by atomic mass is 16.5. The Balaban J connectivity index is 2.13. The summed E-state index contributed by atoms with van der Waals surface area (Å²) in [4.78, 5) is 6.13. The van der Waals surface area contributed by atoms with Gasteiger partial charge >= 0.3 is 0 Å². The predicted molar refractivity (Wildman–Crippen MR) is 80.5 cm³/mol. The third-order valence-electron chi connectivity index (χ3n) is 3.04. The van der Waals surface area contributed by atoms with E-state index >= 15 is 0 Å². The van der Waals surface area contributed by atoms with Gasteiger partial charge in [0.15, 0.2) is 0 Å². The Kier molecular flexibility index (Phi) is 4.30. The van der Waals surface area contributed by atoms with E-state index in [1.807, 2.05) is 37.2 Å². The van der Waals surface area contributed by atoms with Crippen LogP contribution in [0, 0.1) is 0 Å². The van der Waals surface area contributed by atoms with Crippen LogP contribution in [0.4, 0.5) is 11.4 Å². The maximum Gasteiger partial charge on any atom is 0.124 e. The van der Waals surface area contributed by atoms with Crippen molar-refractivity contribution in [1.29, 1.82) is 0 Å². The fourth-order valence-electron chi connectivity index (χ4n) is 1.92. The van der Waals surface area contributed by atoms with Crippen LogP contribution in [0.2, 0.25) is 0 Å². The van der Waals surface area contributed by atoms with Crippen molar-refractivity contribution in [3.8, 4) is 11.5 Å². The first-order chi connectivity index (χ1) is 9.61. The third-order valence-corrected chi connectivity index (χ3v) is 3.04. The molecule has 2 aromatic rings. The summed E-state index contributed by atoms with van der Waals surface area (Å²) in [6.45, 7) is 0.516. The quantitative estimate of drug-likeness (QED) is 0.876. The predicted octanol–water partition coefficient (Wildman–Crippen LogP) is 2.47. The lowest BCUT2D eigenvalue weighted by atomic mass is 10.2. The van der Waals surface area contributed by atoms with Crippen molar-refractivity contribution in [2.24, 2.45) is 0 Å². The Bertz CT molecular complexity index is 585. The highest BCUT2D eigenvalue weighted by Gasteiger charge is 2.06. The van der Waals surface area contributed by atoms with Crippen LogP contribution >= 0.6 is 0 Å². The van der Waals surface area contributed by atoms with Crippen LogP contribution in [0.25, 0.3) is 0 Å². The number of aromatic hydroxyl groups is 1. The summed E-state index contributed by atoms with van der Waals surface area (Å²) in [7, 11) is 5.53. The van der Waals surface area contributed by atoms with E-state index in [9.17, 15) is 5.11 Å². The summed E-state index contributed by atoms with van der Waals surface area (Å²) in [6.07, 6.45) is 3.53. The van der Waals surface area contributed by atoms with Gasteiger partial charge in [-0.15, -0.1) is 0 Å². The van der Waals surface area contributed by atoms with Crippen LogP contribution in [0.15, 0.2) is 36.7 Å². The standard InChI is InChI=1S/C15H19N3O2/c1-18(2)14-6-7-16-10-13(14)17-9-11-4-5-12(20-3)8-15(11)19/h4-8,10,17,19H,9H2,1-3H3. The molecule has 0 unspecified atom stereocenters. The normalized spacial score (nSPS) is 10.2. The van der Waals surface area contributed by atoms with Crippen molar-refractivity contribution in [3.63, 3.8) is 0 Å². The molecular formula is C15H19N3O2. The number of benzene rings is 1. The average Bonchev–Trinajstić information content (AvgIpc) is 2.46. The molecule has 0 spiro atoms. The topological polar surface area (TPSA) is 57.6 Å². The summed E-state index contributed by atoms with van der Waals surface area (Å²) in [6, 6.07) is 7.21. The van der Waals surface area contributed by atoms with E-state index in [0.29, 0.717) is 12.3 Å². The minimum atomic E-state index is 0.215. The molecule has 106 valence electrons. The number of hydrogen-bond donors (Lipinski definition) is 2. The van der Waals surface area contributed by atoms with Crippen molar-refractivity contribution >= 4 is 11.4 Å². The molecule has 0 bridgehead atoms. The largest absolute Gasteiger partial charge is 0.507 e. The maximum atomic E-state index is 9.93. The minimum Gasteiger partial charge on any atom is -0.507 e. The molecule has 1 heterocycles. The first-order valence-electron chi connectivity index (χ1n) is 6.33. The van der Waals surface area contributed by atoms with Gasteiger partial charge in [0.1, 0.15) is 11.5 Å². The van der Waals surface area contributed by atoms with Crippen LogP contribution in [-0.2, 0) is 6.54 Å². The number of ether oxygens (including phenoxy) is 1. The van der Waals surface area contributed by atoms with Gasteiger partial charge in [0.05, 0.1) is 24.7 Å². The molecule has 5 heteroatoms. The number of hydrogen-bond acceptors (Lipinski definition) is 5. The summed E-state index contributed by atoms with van der Waals surface area (Å²) >= 11 is 0. The number of methoxy groups -OCH3 is 1. The Hall–Kier alpha value is -2.43. The van der Waals surface area contributed by atoms with Crippen molar-refractivity contribution in [1.82, 2.24) is 4.98 Å². The second kappa shape index (κ2) is 6.14. The van der Waals surface area contributed by atoms with Crippen LogP contribution < -0.4 is 15.0 Å². The van der Waals surface area contributed by atoms with Crippen LogP contribution in [0.1, 0.15) is 5.56 Å². The number of rotatable bonds is 5. The second-order valence-corrected chi connectivity index (χ2v) is 4.64. The first-order valence-corrected chi connectivity index (χ1v) is 6.33. The molecule has 0 amide bonds. The van der Waals surface area contributed by atoms with Gasteiger partial charge in [-0.3, -0.25) is 4.98 Å². The van der Waals surface area contributed by atoms with E-state index in [4.69, 9.17) is 4.74 Å². The Morgan fingerprint density at radius 3 is 2.75 bits per heavy atom. The molecule has 0 saturated heterocycles. The molecule has 0 aliphatic rings. The van der Waals surface area contributed by atoms with Gasteiger partial charge in [0.25, 0.3) is 0 Å². The van der Waals surface area contributed by atoms with Gasteiger partial charge in [0, 0.05) is 38.5 Å². The number of anilines is 2. The van der Waals surface area contributed by atoms with Gasteiger partial charge < -0.3 is 20.1 Å². The van der Waals surface area contributed by atoms with Crippen molar-refractivity contribution in [2.45, 2.75) is 6.54 Å². The molecule has 0 saturated carbocycles. The van der Waals surface area contributed by atoms with Crippen LogP contribution in [-0.4, -0.2) is 31.3 Å². The molecule has 0 atom stereocenters. The molecule has 1 aromatic carbocycles. The van der Waals surface area contributed by atoms with E-state index in [-0.39, 0.29) is 5.75 Å². The maximum absolute atomic E-state index is 9.93. The summed E-state index contributed by atoms with van der Waals surface area (Å²) in [5.74, 6) is 0.855. The Morgan fingerprint density at radius 2 is 2.10 bits per heavy atom. The van der Waals surface area contributed by atoms with Gasteiger partial charge in [-0.1, -0.05) is 0 Å². The monoisotopic (exact) mass is 273 g/mol. The molecule has 1 aromatic heterocycles. The van der Waals surface area contributed by atoms with E-state index in [2.05, 4.69) is 10.3 Å². The number of nitrogens with zero attached hydrogens (tertiary/aromatic N) is 2. The molecular weight excluding hydrogens is 254 g/mol. The summed E-state index contributed by atoms with van der Waals surface area (Å²) < 4.78 is 5.07. The Morgan fingerprint density at radius 1 is 1.30 bits per heavy atom. The lowest BCUT2D eigenvalue weighted by molar-refractivity contribution is 0.406. The SMILES string of the molecule is COc1ccc(CNc2cnccc2N(C)C)c(O)c1. The number of phenolic OH excluding ortho intramolecular Hbond substituents is 1. The fraction of sp³-hybridized carbons (Fsp3) is 0.267. The van der Waals surface area contributed by atoms with Crippen LogP contribution in [0.5, 0.6) is 11.5 Å². The summed E-state index contributed by atoms with van der Waals surface area (Å²) in [5, 5.41) is 13.2. The lowest BCUT2D eigenvalue weighted by Crippen LogP contribution is -2.12. The van der Waals surface area contributed by atoms with Gasteiger partial charge in [-0.05, 0) is 18.2 Å². The fourth-order valence-corrected chi connectivity index (χ4v) is 1.92. The molecule has 0 fully saturated rings. The minimum absolute atomic E-state index is 0.215. The number of phenols is 1. The highest BCUT2D eigenvalue weighted by molar-refractivity contribution is 5.68. The van der Waals surface area contributed by atoms with Crippen molar-refractivity contribution < 1.29 is 9.84 Å². The zero-order chi connectivity index (χ0) is 14.5.